The van der Waals surface area contributed by atoms with E-state index in [0.717, 1.165) is 22.9 Å². The summed E-state index contributed by atoms with van der Waals surface area (Å²) in [6.45, 7) is 3.30. The first kappa shape index (κ1) is 12.2. The van der Waals surface area contributed by atoms with Crippen molar-refractivity contribution >= 4 is 0 Å². The van der Waals surface area contributed by atoms with Gasteiger partial charge in [0.05, 0.1) is 25.1 Å². The Morgan fingerprint density at radius 1 is 1.05 bits per heavy atom. The highest BCUT2D eigenvalue weighted by molar-refractivity contribution is 5.54. The van der Waals surface area contributed by atoms with E-state index in [0.29, 0.717) is 13.2 Å². The SMILES string of the molecule is Cc1cnc(-c2nccn2-c2ccc3c(c2)COC3)cn1. The zero-order valence-electron chi connectivity index (χ0n) is 11.7. The van der Waals surface area contributed by atoms with Gasteiger partial charge in [0.15, 0.2) is 5.82 Å². The van der Waals surface area contributed by atoms with Gasteiger partial charge in [-0.25, -0.2) is 9.97 Å². The molecule has 1 aromatic carbocycles. The van der Waals surface area contributed by atoms with E-state index in [4.69, 9.17) is 4.74 Å². The molecule has 4 rings (SSSR count). The van der Waals surface area contributed by atoms with Gasteiger partial charge in [-0.15, -0.1) is 0 Å². The fourth-order valence-electron chi connectivity index (χ4n) is 2.52. The predicted octanol–water partition coefficient (Wildman–Crippen LogP) is 2.67. The van der Waals surface area contributed by atoms with Crippen LogP contribution in [0.3, 0.4) is 0 Å². The lowest BCUT2D eigenvalue weighted by Crippen LogP contribution is -1.99. The Morgan fingerprint density at radius 2 is 1.95 bits per heavy atom. The van der Waals surface area contributed by atoms with Crippen LogP contribution >= 0.6 is 0 Å². The molecule has 0 radical (unpaired) electrons. The van der Waals surface area contributed by atoms with Crippen molar-refractivity contribution in [3.63, 3.8) is 0 Å². The van der Waals surface area contributed by atoms with E-state index in [1.807, 2.05) is 17.7 Å². The molecule has 1 aliphatic heterocycles. The van der Waals surface area contributed by atoms with Crippen molar-refractivity contribution in [1.29, 1.82) is 0 Å². The van der Waals surface area contributed by atoms with Gasteiger partial charge in [-0.2, -0.15) is 0 Å². The third-order valence-corrected chi connectivity index (χ3v) is 3.63. The third kappa shape index (κ3) is 2.11. The standard InChI is InChI=1S/C16H14N4O/c1-11-7-19-15(8-18-11)16-17-4-5-20(16)14-3-2-12-9-21-10-13(12)6-14/h2-8H,9-10H2,1H3. The first-order chi connectivity index (χ1) is 10.3. The van der Waals surface area contributed by atoms with Crippen LogP contribution in [-0.2, 0) is 18.0 Å². The Morgan fingerprint density at radius 3 is 2.81 bits per heavy atom. The van der Waals surface area contributed by atoms with Gasteiger partial charge in [0.1, 0.15) is 5.69 Å². The molecule has 0 saturated heterocycles. The van der Waals surface area contributed by atoms with Crippen molar-refractivity contribution in [3.8, 4) is 17.2 Å². The molecule has 0 spiro atoms. The van der Waals surface area contributed by atoms with E-state index in [1.54, 1.807) is 18.6 Å². The number of benzene rings is 1. The molecule has 0 saturated carbocycles. The molecule has 1 aliphatic rings. The topological polar surface area (TPSA) is 52.8 Å². The maximum atomic E-state index is 5.47. The van der Waals surface area contributed by atoms with Gasteiger partial charge in [-0.05, 0) is 30.2 Å². The van der Waals surface area contributed by atoms with Gasteiger partial charge >= 0.3 is 0 Å². The van der Waals surface area contributed by atoms with Gasteiger partial charge in [0.2, 0.25) is 0 Å². The molecule has 5 nitrogen and oxygen atoms in total. The Balaban J connectivity index is 1.80. The Hall–Kier alpha value is -2.53. The maximum absolute atomic E-state index is 5.47. The smallest absolute Gasteiger partial charge is 0.164 e. The summed E-state index contributed by atoms with van der Waals surface area (Å²) in [5, 5.41) is 0. The molecule has 0 bridgehead atoms. The minimum atomic E-state index is 0.678. The zero-order chi connectivity index (χ0) is 14.2. The second-order valence-corrected chi connectivity index (χ2v) is 5.11. The van der Waals surface area contributed by atoms with Crippen molar-refractivity contribution in [2.45, 2.75) is 20.1 Å². The van der Waals surface area contributed by atoms with Gasteiger partial charge in [-0.3, -0.25) is 9.55 Å². The molecule has 5 heteroatoms. The lowest BCUT2D eigenvalue weighted by Gasteiger charge is -2.09. The third-order valence-electron chi connectivity index (χ3n) is 3.63. The summed E-state index contributed by atoms with van der Waals surface area (Å²) in [5.74, 6) is 0.793. The Kier molecular flexibility index (Phi) is 2.79. The number of nitrogens with zero attached hydrogens (tertiary/aromatic N) is 4. The molecule has 0 aliphatic carbocycles. The largest absolute Gasteiger partial charge is 0.372 e. The summed E-state index contributed by atoms with van der Waals surface area (Å²) in [7, 11) is 0. The monoisotopic (exact) mass is 278 g/mol. The number of aryl methyl sites for hydroxylation is 1. The molecule has 104 valence electrons. The lowest BCUT2D eigenvalue weighted by atomic mass is 10.1. The van der Waals surface area contributed by atoms with E-state index in [2.05, 4.69) is 33.2 Å². The van der Waals surface area contributed by atoms with Gasteiger partial charge in [-0.1, -0.05) is 6.07 Å². The van der Waals surface area contributed by atoms with E-state index in [-0.39, 0.29) is 0 Å². The fraction of sp³-hybridized carbons (Fsp3) is 0.188. The van der Waals surface area contributed by atoms with Crippen molar-refractivity contribution in [2.75, 3.05) is 0 Å². The van der Waals surface area contributed by atoms with Crippen LogP contribution in [0.4, 0.5) is 0 Å². The summed E-state index contributed by atoms with van der Waals surface area (Å²) < 4.78 is 7.49. The predicted molar refractivity (Wildman–Crippen MR) is 77.8 cm³/mol. The number of hydrogen-bond donors (Lipinski definition) is 0. The fourth-order valence-corrected chi connectivity index (χ4v) is 2.52. The molecule has 3 aromatic rings. The van der Waals surface area contributed by atoms with Crippen LogP contribution in [0, 0.1) is 6.92 Å². The maximum Gasteiger partial charge on any atom is 0.164 e. The zero-order valence-corrected chi connectivity index (χ0v) is 11.7. The van der Waals surface area contributed by atoms with Crippen LogP contribution in [-0.4, -0.2) is 19.5 Å². The average molecular weight is 278 g/mol. The van der Waals surface area contributed by atoms with Crippen LogP contribution in [0.1, 0.15) is 16.8 Å². The highest BCUT2D eigenvalue weighted by Crippen LogP contribution is 2.25. The van der Waals surface area contributed by atoms with Gasteiger partial charge in [0, 0.05) is 24.3 Å². The van der Waals surface area contributed by atoms with Crippen molar-refractivity contribution in [3.05, 3.63) is 59.8 Å². The normalized spacial score (nSPS) is 13.4. The summed E-state index contributed by atoms with van der Waals surface area (Å²) in [5.41, 5.74) is 5.22. The molecular weight excluding hydrogens is 264 g/mol. The number of imidazole rings is 1. The number of rotatable bonds is 2. The number of aromatic nitrogens is 4. The Labute approximate surface area is 122 Å². The molecule has 0 fully saturated rings. The number of fused-ring (bicyclic) bond motifs is 1. The molecule has 0 amide bonds. The summed E-state index contributed by atoms with van der Waals surface area (Å²) in [6, 6.07) is 6.34. The number of hydrogen-bond acceptors (Lipinski definition) is 4. The number of ether oxygens (including phenoxy) is 1. The molecule has 0 unspecified atom stereocenters. The second-order valence-electron chi connectivity index (χ2n) is 5.11. The first-order valence-corrected chi connectivity index (χ1v) is 6.83. The van der Waals surface area contributed by atoms with E-state index >= 15 is 0 Å². The minimum Gasteiger partial charge on any atom is -0.372 e. The second kappa shape index (κ2) is 4.79. The van der Waals surface area contributed by atoms with E-state index in [1.165, 1.54) is 11.1 Å². The van der Waals surface area contributed by atoms with Crippen molar-refractivity contribution < 1.29 is 4.74 Å². The average Bonchev–Trinajstić information content (AvgIpc) is 3.16. The lowest BCUT2D eigenvalue weighted by molar-refractivity contribution is 0.134. The van der Waals surface area contributed by atoms with Gasteiger partial charge in [0.25, 0.3) is 0 Å². The molecule has 21 heavy (non-hydrogen) atoms. The molecule has 0 N–H and O–H groups in total. The van der Waals surface area contributed by atoms with E-state index < -0.39 is 0 Å². The van der Waals surface area contributed by atoms with Crippen LogP contribution < -0.4 is 0 Å². The van der Waals surface area contributed by atoms with Gasteiger partial charge < -0.3 is 4.74 Å². The van der Waals surface area contributed by atoms with Crippen LogP contribution in [0.5, 0.6) is 0 Å². The highest BCUT2D eigenvalue weighted by atomic mass is 16.5. The highest BCUT2D eigenvalue weighted by Gasteiger charge is 2.14. The van der Waals surface area contributed by atoms with Crippen LogP contribution in [0.2, 0.25) is 0 Å². The molecule has 3 heterocycles. The summed E-state index contributed by atoms with van der Waals surface area (Å²) in [6.07, 6.45) is 7.23. The molecular formula is C16H14N4O. The van der Waals surface area contributed by atoms with Crippen LogP contribution in [0.25, 0.3) is 17.2 Å². The molecule has 2 aromatic heterocycles. The molecule has 0 atom stereocenters. The Bertz CT molecular complexity index is 792. The first-order valence-electron chi connectivity index (χ1n) is 6.83. The minimum absolute atomic E-state index is 0.678. The van der Waals surface area contributed by atoms with Crippen LogP contribution in [0.15, 0.2) is 43.0 Å². The van der Waals surface area contributed by atoms with Crippen molar-refractivity contribution in [1.82, 2.24) is 19.5 Å². The van der Waals surface area contributed by atoms with E-state index in [9.17, 15) is 0 Å². The quantitative estimate of drug-likeness (QED) is 0.723. The summed E-state index contributed by atoms with van der Waals surface area (Å²) in [4.78, 5) is 13.1. The summed E-state index contributed by atoms with van der Waals surface area (Å²) >= 11 is 0. The van der Waals surface area contributed by atoms with Crippen molar-refractivity contribution in [2.24, 2.45) is 0 Å².